The molecule has 6 rings (SSSR count). The van der Waals surface area contributed by atoms with Crippen LogP contribution in [0.25, 0.3) is 33.4 Å². The number of furan rings is 1. The molecule has 0 saturated heterocycles. The fourth-order valence-electron chi connectivity index (χ4n) is 4.64. The average molecular weight is 491 g/mol. The van der Waals surface area contributed by atoms with Gasteiger partial charge in [-0.15, -0.1) is 0 Å². The van der Waals surface area contributed by atoms with Crippen LogP contribution in [0.3, 0.4) is 0 Å². The first-order valence-electron chi connectivity index (χ1n) is 12.0. The first-order valence-corrected chi connectivity index (χ1v) is 12.0. The number of amides is 1. The molecule has 2 heterocycles. The Morgan fingerprint density at radius 1 is 0.865 bits per heavy atom. The van der Waals surface area contributed by atoms with E-state index in [1.54, 1.807) is 19.2 Å². The van der Waals surface area contributed by atoms with Crippen molar-refractivity contribution < 1.29 is 18.3 Å². The fourth-order valence-corrected chi connectivity index (χ4v) is 4.64. The largest absolute Gasteiger partial charge is 0.475 e. The third-order valence-corrected chi connectivity index (χ3v) is 6.53. The van der Waals surface area contributed by atoms with Gasteiger partial charge in [0.15, 0.2) is 0 Å². The van der Waals surface area contributed by atoms with Gasteiger partial charge in [-0.25, -0.2) is 9.38 Å². The second kappa shape index (κ2) is 9.39. The van der Waals surface area contributed by atoms with Crippen LogP contribution in [0.2, 0.25) is 0 Å². The van der Waals surface area contributed by atoms with Crippen LogP contribution >= 0.6 is 0 Å². The van der Waals surface area contributed by atoms with Gasteiger partial charge in [-0.05, 0) is 65.2 Å². The lowest BCUT2D eigenvalue weighted by molar-refractivity contribution is 0.0964. The molecule has 37 heavy (non-hydrogen) atoms. The second-order valence-corrected chi connectivity index (χ2v) is 8.86. The maximum atomic E-state index is 13.5. The van der Waals surface area contributed by atoms with Crippen LogP contribution in [0.1, 0.15) is 27.5 Å². The topological polar surface area (TPSA) is 63.8 Å². The molecule has 1 N–H and O–H groups in total. The molecule has 1 atom stereocenters. The Kier molecular flexibility index (Phi) is 5.77. The highest BCUT2D eigenvalue weighted by atomic mass is 19.1. The highest BCUT2D eigenvalue weighted by Crippen LogP contribution is 2.36. The highest BCUT2D eigenvalue weighted by Gasteiger charge is 2.23. The molecule has 0 unspecified atom stereocenters. The normalized spacial score (nSPS) is 14.9. The molecule has 182 valence electrons. The van der Waals surface area contributed by atoms with E-state index in [0.29, 0.717) is 40.4 Å². The van der Waals surface area contributed by atoms with E-state index in [1.807, 2.05) is 60.7 Å². The quantitative estimate of drug-likeness (QED) is 0.295. The van der Waals surface area contributed by atoms with Crippen molar-refractivity contribution in [2.24, 2.45) is 4.99 Å². The summed E-state index contributed by atoms with van der Waals surface area (Å²) in [6, 6.07) is 29.7. The van der Waals surface area contributed by atoms with Crippen molar-refractivity contribution in [3.05, 3.63) is 120 Å². The van der Waals surface area contributed by atoms with Crippen molar-refractivity contribution in [1.82, 2.24) is 5.32 Å². The van der Waals surface area contributed by atoms with Gasteiger partial charge in [0.1, 0.15) is 29.8 Å². The summed E-state index contributed by atoms with van der Waals surface area (Å²) in [7, 11) is 1.58. The number of hydrogen-bond acceptors (Lipinski definition) is 4. The summed E-state index contributed by atoms with van der Waals surface area (Å²) in [6.45, 7) is 0.506. The first-order chi connectivity index (χ1) is 18.1. The number of carbonyl (C=O) groups excluding carboxylic acids is 1. The SMILES string of the molecule is CNC(=O)c1c(-c2ccc(F)cc2)oc2ccc(-c3cccc(C4=N[C@@H](c5ccccc5)CO4)c3)cc12. The number of rotatable bonds is 5. The van der Waals surface area contributed by atoms with Crippen molar-refractivity contribution in [3.63, 3.8) is 0 Å². The first kappa shape index (κ1) is 22.7. The molecule has 0 spiro atoms. The van der Waals surface area contributed by atoms with Crippen LogP contribution < -0.4 is 5.32 Å². The Labute approximate surface area is 213 Å². The monoisotopic (exact) mass is 490 g/mol. The van der Waals surface area contributed by atoms with Crippen molar-refractivity contribution >= 4 is 22.8 Å². The van der Waals surface area contributed by atoms with Gasteiger partial charge >= 0.3 is 0 Å². The van der Waals surface area contributed by atoms with E-state index < -0.39 is 0 Å². The smallest absolute Gasteiger partial charge is 0.255 e. The van der Waals surface area contributed by atoms with Gasteiger partial charge < -0.3 is 14.5 Å². The summed E-state index contributed by atoms with van der Waals surface area (Å²) in [4.78, 5) is 17.7. The van der Waals surface area contributed by atoms with E-state index in [4.69, 9.17) is 14.1 Å². The van der Waals surface area contributed by atoms with Crippen LogP contribution in [0, 0.1) is 5.82 Å². The zero-order valence-corrected chi connectivity index (χ0v) is 20.1. The summed E-state index contributed by atoms with van der Waals surface area (Å²) >= 11 is 0. The minimum Gasteiger partial charge on any atom is -0.475 e. The molecule has 1 aliphatic heterocycles. The average Bonchev–Trinajstić information content (AvgIpc) is 3.59. The summed E-state index contributed by atoms with van der Waals surface area (Å²) in [5.74, 6) is 0.393. The van der Waals surface area contributed by atoms with Crippen molar-refractivity contribution in [1.29, 1.82) is 0 Å². The Morgan fingerprint density at radius 3 is 2.38 bits per heavy atom. The molecule has 4 aromatic carbocycles. The molecule has 0 radical (unpaired) electrons. The number of benzene rings is 4. The summed E-state index contributed by atoms with van der Waals surface area (Å²) in [5, 5.41) is 3.38. The van der Waals surface area contributed by atoms with Crippen molar-refractivity contribution in [2.75, 3.05) is 13.7 Å². The van der Waals surface area contributed by atoms with Crippen LogP contribution in [-0.4, -0.2) is 25.5 Å². The molecule has 0 fully saturated rings. The molecule has 0 aliphatic carbocycles. The Balaban J connectivity index is 1.39. The van der Waals surface area contributed by atoms with Crippen LogP contribution in [0.5, 0.6) is 0 Å². The molecule has 5 nitrogen and oxygen atoms in total. The molecule has 6 heteroatoms. The lowest BCUT2D eigenvalue weighted by Crippen LogP contribution is -2.18. The van der Waals surface area contributed by atoms with Gasteiger partial charge in [0.25, 0.3) is 5.91 Å². The van der Waals surface area contributed by atoms with Gasteiger partial charge in [-0.2, -0.15) is 0 Å². The van der Waals surface area contributed by atoms with E-state index >= 15 is 0 Å². The van der Waals surface area contributed by atoms with Gasteiger partial charge in [0, 0.05) is 23.6 Å². The maximum absolute atomic E-state index is 13.5. The highest BCUT2D eigenvalue weighted by molar-refractivity contribution is 6.11. The van der Waals surface area contributed by atoms with Crippen LogP contribution in [0.15, 0.2) is 106 Å². The predicted octanol–water partition coefficient (Wildman–Crippen LogP) is 6.78. The van der Waals surface area contributed by atoms with Crippen molar-refractivity contribution in [2.45, 2.75) is 6.04 Å². The van der Waals surface area contributed by atoms with Crippen molar-refractivity contribution in [3.8, 4) is 22.5 Å². The van der Waals surface area contributed by atoms with Crippen LogP contribution in [-0.2, 0) is 4.74 Å². The molecule has 5 aromatic rings. The number of ether oxygens (including phenoxy) is 1. The molecular weight excluding hydrogens is 467 g/mol. The number of hydrogen-bond donors (Lipinski definition) is 1. The summed E-state index contributed by atoms with van der Waals surface area (Å²) < 4.78 is 25.5. The molecule has 1 aliphatic rings. The molecule has 0 saturated carbocycles. The lowest BCUT2D eigenvalue weighted by Gasteiger charge is -2.06. The zero-order chi connectivity index (χ0) is 25.4. The number of aliphatic imine (C=N–C) groups is 1. The standard InChI is InChI=1S/C31H23FN2O3/c1-33-30(35)28-25-17-22(12-15-27(25)37-29(28)20-10-13-24(32)14-11-20)21-8-5-9-23(16-21)31-34-26(18-36-31)19-6-3-2-4-7-19/h2-17,26H,18H2,1H3,(H,33,35)/t26-/m1/s1. The van der Waals surface area contributed by atoms with E-state index in [-0.39, 0.29) is 17.8 Å². The van der Waals surface area contributed by atoms with E-state index in [1.165, 1.54) is 12.1 Å². The third kappa shape index (κ3) is 4.27. The lowest BCUT2D eigenvalue weighted by atomic mass is 9.99. The van der Waals surface area contributed by atoms with E-state index in [2.05, 4.69) is 17.4 Å². The van der Waals surface area contributed by atoms with Crippen LogP contribution in [0.4, 0.5) is 4.39 Å². The fraction of sp³-hybridized carbons (Fsp3) is 0.0968. The van der Waals surface area contributed by atoms with Gasteiger partial charge in [0.2, 0.25) is 5.90 Å². The molecule has 1 amide bonds. The number of fused-ring (bicyclic) bond motifs is 1. The molecule has 1 aromatic heterocycles. The third-order valence-electron chi connectivity index (χ3n) is 6.53. The second-order valence-electron chi connectivity index (χ2n) is 8.86. The van der Waals surface area contributed by atoms with Gasteiger partial charge in [-0.3, -0.25) is 4.79 Å². The number of carbonyl (C=O) groups is 1. The summed E-state index contributed by atoms with van der Waals surface area (Å²) in [5.41, 5.74) is 5.51. The number of nitrogens with one attached hydrogen (secondary N) is 1. The molecular formula is C31H23FN2O3. The minimum atomic E-state index is -0.352. The number of halogens is 1. The Bertz CT molecular complexity index is 1640. The zero-order valence-electron chi connectivity index (χ0n) is 20.1. The summed E-state index contributed by atoms with van der Waals surface area (Å²) in [6.07, 6.45) is 0. The maximum Gasteiger partial charge on any atom is 0.255 e. The van der Waals surface area contributed by atoms with E-state index in [9.17, 15) is 9.18 Å². The predicted molar refractivity (Wildman–Crippen MR) is 142 cm³/mol. The van der Waals surface area contributed by atoms with E-state index in [0.717, 1.165) is 22.3 Å². The Hall–Kier alpha value is -4.71. The van der Waals surface area contributed by atoms with Gasteiger partial charge in [-0.1, -0.05) is 48.5 Å². The van der Waals surface area contributed by atoms with Gasteiger partial charge in [0.05, 0.1) is 5.56 Å². The number of nitrogens with zero attached hydrogens (tertiary/aromatic N) is 1. The molecule has 0 bridgehead atoms. The Morgan fingerprint density at radius 2 is 1.59 bits per heavy atom. The minimum absolute atomic E-state index is 0.0258.